The van der Waals surface area contributed by atoms with Crippen molar-refractivity contribution in [1.29, 1.82) is 0 Å². The number of hydrogen-bond acceptors (Lipinski definition) is 3. The Labute approximate surface area is 149 Å². The van der Waals surface area contributed by atoms with Crippen molar-refractivity contribution in [2.45, 2.75) is 12.8 Å². The number of nitrogens with zero attached hydrogens (tertiary/aromatic N) is 1. The van der Waals surface area contributed by atoms with Crippen LogP contribution in [0.15, 0.2) is 66.7 Å². The van der Waals surface area contributed by atoms with E-state index in [-0.39, 0.29) is 5.97 Å². The summed E-state index contributed by atoms with van der Waals surface area (Å²) < 4.78 is 4.74. The molecule has 25 heavy (non-hydrogen) atoms. The lowest BCUT2D eigenvalue weighted by Gasteiger charge is -2.38. The van der Waals surface area contributed by atoms with E-state index < -0.39 is 0 Å². The zero-order valence-electron chi connectivity index (χ0n) is 14.7. The SMILES string of the molecule is COC(=O)CC1CN(CCC=C(c2ccccc2)c2ccccc2)C1. The molecule has 0 N–H and O–H groups in total. The van der Waals surface area contributed by atoms with Crippen LogP contribution in [-0.4, -0.2) is 37.6 Å². The van der Waals surface area contributed by atoms with Gasteiger partial charge in [0.25, 0.3) is 0 Å². The van der Waals surface area contributed by atoms with Crippen molar-refractivity contribution in [3.05, 3.63) is 77.9 Å². The largest absolute Gasteiger partial charge is 0.469 e. The molecule has 3 rings (SSSR count). The van der Waals surface area contributed by atoms with Gasteiger partial charge in [0, 0.05) is 19.6 Å². The topological polar surface area (TPSA) is 29.5 Å². The Morgan fingerprint density at radius 3 is 2.12 bits per heavy atom. The number of rotatable bonds is 7. The van der Waals surface area contributed by atoms with Gasteiger partial charge in [-0.3, -0.25) is 4.79 Å². The van der Waals surface area contributed by atoms with Gasteiger partial charge in [-0.2, -0.15) is 0 Å². The Hall–Kier alpha value is -2.39. The molecule has 1 saturated heterocycles. The zero-order valence-corrected chi connectivity index (χ0v) is 14.7. The molecule has 0 unspecified atom stereocenters. The quantitative estimate of drug-likeness (QED) is 0.716. The van der Waals surface area contributed by atoms with E-state index in [0.29, 0.717) is 12.3 Å². The Bertz CT molecular complexity index is 662. The van der Waals surface area contributed by atoms with E-state index in [1.807, 2.05) is 12.1 Å². The first-order valence-corrected chi connectivity index (χ1v) is 8.86. The first kappa shape index (κ1) is 17.4. The first-order valence-electron chi connectivity index (χ1n) is 8.86. The molecule has 0 spiro atoms. The summed E-state index contributed by atoms with van der Waals surface area (Å²) in [6.07, 6.45) is 3.88. The van der Waals surface area contributed by atoms with Gasteiger partial charge in [0.1, 0.15) is 0 Å². The summed E-state index contributed by atoms with van der Waals surface area (Å²) in [7, 11) is 1.46. The van der Waals surface area contributed by atoms with Gasteiger partial charge >= 0.3 is 5.97 Å². The molecule has 1 aliphatic heterocycles. The minimum Gasteiger partial charge on any atom is -0.469 e. The van der Waals surface area contributed by atoms with E-state index >= 15 is 0 Å². The maximum Gasteiger partial charge on any atom is 0.305 e. The van der Waals surface area contributed by atoms with Crippen molar-refractivity contribution >= 4 is 11.5 Å². The molecule has 2 aromatic carbocycles. The molecule has 0 aromatic heterocycles. The van der Waals surface area contributed by atoms with E-state index in [0.717, 1.165) is 26.1 Å². The number of methoxy groups -OCH3 is 1. The fraction of sp³-hybridized carbons (Fsp3) is 0.318. The molecule has 0 saturated carbocycles. The monoisotopic (exact) mass is 335 g/mol. The summed E-state index contributed by atoms with van der Waals surface area (Å²) in [4.78, 5) is 13.7. The van der Waals surface area contributed by atoms with Crippen LogP contribution in [0.4, 0.5) is 0 Å². The van der Waals surface area contributed by atoms with Crippen molar-refractivity contribution in [3.63, 3.8) is 0 Å². The van der Waals surface area contributed by atoms with Crippen molar-refractivity contribution in [2.24, 2.45) is 5.92 Å². The lowest BCUT2D eigenvalue weighted by Crippen LogP contribution is -2.47. The molecule has 2 aromatic rings. The maximum atomic E-state index is 11.3. The predicted molar refractivity (Wildman–Crippen MR) is 101 cm³/mol. The average Bonchev–Trinajstić information content (AvgIpc) is 2.64. The molecule has 3 nitrogen and oxygen atoms in total. The molecule has 130 valence electrons. The van der Waals surface area contributed by atoms with E-state index in [1.54, 1.807) is 0 Å². The van der Waals surface area contributed by atoms with Crippen LogP contribution in [0.2, 0.25) is 0 Å². The van der Waals surface area contributed by atoms with Gasteiger partial charge in [0.05, 0.1) is 13.5 Å². The third-order valence-electron chi connectivity index (χ3n) is 4.68. The van der Waals surface area contributed by atoms with Gasteiger partial charge in [-0.1, -0.05) is 66.7 Å². The summed E-state index contributed by atoms with van der Waals surface area (Å²) in [6.45, 7) is 3.02. The third kappa shape index (κ3) is 4.80. The van der Waals surface area contributed by atoms with Gasteiger partial charge in [0.2, 0.25) is 0 Å². The Balaban J connectivity index is 1.59. The van der Waals surface area contributed by atoms with Crippen LogP contribution in [0, 0.1) is 5.92 Å². The Morgan fingerprint density at radius 1 is 1.04 bits per heavy atom. The van der Waals surface area contributed by atoms with Crippen LogP contribution in [0.1, 0.15) is 24.0 Å². The van der Waals surface area contributed by atoms with Gasteiger partial charge in [0.15, 0.2) is 0 Å². The molecule has 1 aliphatic rings. The second kappa shape index (κ2) is 8.63. The average molecular weight is 335 g/mol. The molecule has 0 radical (unpaired) electrons. The highest BCUT2D eigenvalue weighted by Gasteiger charge is 2.28. The van der Waals surface area contributed by atoms with Crippen LogP contribution in [0.5, 0.6) is 0 Å². The van der Waals surface area contributed by atoms with E-state index in [2.05, 4.69) is 59.5 Å². The van der Waals surface area contributed by atoms with Gasteiger partial charge in [-0.25, -0.2) is 0 Å². The third-order valence-corrected chi connectivity index (χ3v) is 4.68. The molecule has 1 heterocycles. The summed E-state index contributed by atoms with van der Waals surface area (Å²) in [5.41, 5.74) is 3.79. The van der Waals surface area contributed by atoms with Crippen LogP contribution < -0.4 is 0 Å². The van der Waals surface area contributed by atoms with Gasteiger partial charge in [-0.05, 0) is 29.0 Å². The molecule has 3 heteroatoms. The molecular formula is C22H25NO2. The highest BCUT2D eigenvalue weighted by molar-refractivity contribution is 5.79. The molecule has 0 aliphatic carbocycles. The molecule has 0 amide bonds. The van der Waals surface area contributed by atoms with Crippen molar-refractivity contribution in [1.82, 2.24) is 4.90 Å². The summed E-state index contributed by atoms with van der Waals surface area (Å²) in [6, 6.07) is 21.1. The number of carbonyl (C=O) groups is 1. The van der Waals surface area contributed by atoms with E-state index in [1.165, 1.54) is 23.8 Å². The fourth-order valence-corrected chi connectivity index (χ4v) is 3.34. The lowest BCUT2D eigenvalue weighted by molar-refractivity contribution is -0.143. The number of likely N-dealkylation sites (tertiary alicyclic amines) is 1. The first-order chi connectivity index (χ1) is 12.3. The normalized spacial score (nSPS) is 14.6. The molecular weight excluding hydrogens is 310 g/mol. The maximum absolute atomic E-state index is 11.3. The van der Waals surface area contributed by atoms with Crippen LogP contribution in [0.25, 0.3) is 5.57 Å². The van der Waals surface area contributed by atoms with E-state index in [9.17, 15) is 4.79 Å². The summed E-state index contributed by atoms with van der Waals surface area (Å²) >= 11 is 0. The molecule has 0 atom stereocenters. The second-order valence-electron chi connectivity index (χ2n) is 6.54. The zero-order chi connectivity index (χ0) is 17.5. The summed E-state index contributed by atoms with van der Waals surface area (Å²) in [5, 5.41) is 0. The van der Waals surface area contributed by atoms with Gasteiger partial charge < -0.3 is 9.64 Å². The number of esters is 1. The second-order valence-corrected chi connectivity index (χ2v) is 6.54. The van der Waals surface area contributed by atoms with E-state index in [4.69, 9.17) is 4.74 Å². The molecule has 1 fully saturated rings. The van der Waals surface area contributed by atoms with Crippen LogP contribution in [0.3, 0.4) is 0 Å². The number of benzene rings is 2. The minimum atomic E-state index is -0.0972. The number of ether oxygens (including phenoxy) is 1. The highest BCUT2D eigenvalue weighted by atomic mass is 16.5. The minimum absolute atomic E-state index is 0.0972. The van der Waals surface area contributed by atoms with Gasteiger partial charge in [-0.15, -0.1) is 0 Å². The lowest BCUT2D eigenvalue weighted by atomic mass is 9.95. The van der Waals surface area contributed by atoms with Crippen LogP contribution >= 0.6 is 0 Å². The number of carbonyl (C=O) groups excluding carboxylic acids is 1. The fourth-order valence-electron chi connectivity index (χ4n) is 3.34. The van der Waals surface area contributed by atoms with Crippen LogP contribution in [-0.2, 0) is 9.53 Å². The standard InChI is InChI=1S/C22H25NO2/c1-25-22(24)15-18-16-23(17-18)14-8-13-21(19-9-4-2-5-10-19)20-11-6-3-7-12-20/h2-7,9-13,18H,8,14-17H2,1H3. The smallest absolute Gasteiger partial charge is 0.305 e. The predicted octanol–water partition coefficient (Wildman–Crippen LogP) is 4.00. The summed E-state index contributed by atoms with van der Waals surface area (Å²) in [5.74, 6) is 0.360. The number of hydrogen-bond donors (Lipinski definition) is 0. The van der Waals surface area contributed by atoms with Crippen molar-refractivity contribution < 1.29 is 9.53 Å². The highest BCUT2D eigenvalue weighted by Crippen LogP contribution is 2.25. The molecule has 0 bridgehead atoms. The van der Waals surface area contributed by atoms with Crippen molar-refractivity contribution in [3.8, 4) is 0 Å². The Morgan fingerprint density at radius 2 is 1.60 bits per heavy atom. The van der Waals surface area contributed by atoms with Crippen molar-refractivity contribution in [2.75, 3.05) is 26.7 Å². The Kier molecular flexibility index (Phi) is 6.02.